The molecule has 0 fully saturated rings. The number of anilines is 1. The van der Waals surface area contributed by atoms with Crippen molar-refractivity contribution in [1.82, 2.24) is 20.5 Å². The van der Waals surface area contributed by atoms with Crippen LogP contribution in [0.5, 0.6) is 0 Å². The maximum absolute atomic E-state index is 11.7. The van der Waals surface area contributed by atoms with Crippen LogP contribution in [0.3, 0.4) is 0 Å². The normalized spacial score (nSPS) is 10.2. The lowest BCUT2D eigenvalue weighted by molar-refractivity contribution is 0.0951. The van der Waals surface area contributed by atoms with E-state index in [0.717, 1.165) is 11.4 Å². The second-order valence-electron chi connectivity index (χ2n) is 3.65. The standard InChI is InChI=1S/C11H13N5O/c1-7-3-2-4-8(15-7)5-13-11(17)9-6-14-16-10(9)12/h2-4,6H,5H2,1H3,(H,13,17)(H3,12,14,16). The number of rotatable bonds is 3. The summed E-state index contributed by atoms with van der Waals surface area (Å²) in [6.07, 6.45) is 1.40. The molecule has 6 heteroatoms. The van der Waals surface area contributed by atoms with E-state index in [1.54, 1.807) is 0 Å². The number of nitrogen functional groups attached to an aromatic ring is 1. The number of hydrogen-bond donors (Lipinski definition) is 3. The lowest BCUT2D eigenvalue weighted by Gasteiger charge is -2.04. The average molecular weight is 231 g/mol. The zero-order chi connectivity index (χ0) is 12.3. The summed E-state index contributed by atoms with van der Waals surface area (Å²) in [7, 11) is 0. The second-order valence-corrected chi connectivity index (χ2v) is 3.65. The molecular weight excluding hydrogens is 218 g/mol. The molecule has 88 valence electrons. The molecule has 0 aliphatic rings. The van der Waals surface area contributed by atoms with Crippen molar-refractivity contribution in [2.75, 3.05) is 5.73 Å². The van der Waals surface area contributed by atoms with Crippen molar-refractivity contribution in [3.63, 3.8) is 0 Å². The van der Waals surface area contributed by atoms with E-state index in [1.807, 2.05) is 25.1 Å². The maximum atomic E-state index is 11.7. The Hall–Kier alpha value is -2.37. The first kappa shape index (κ1) is 11.1. The predicted octanol–water partition coefficient (Wildman–Crippen LogP) is 0.625. The number of nitrogens with one attached hydrogen (secondary N) is 2. The minimum absolute atomic E-state index is 0.264. The van der Waals surface area contributed by atoms with E-state index in [4.69, 9.17) is 5.73 Å². The van der Waals surface area contributed by atoms with Crippen molar-refractivity contribution in [3.8, 4) is 0 Å². The van der Waals surface area contributed by atoms with Crippen LogP contribution in [-0.4, -0.2) is 21.1 Å². The Labute approximate surface area is 98.3 Å². The van der Waals surface area contributed by atoms with Crippen molar-refractivity contribution in [3.05, 3.63) is 41.3 Å². The van der Waals surface area contributed by atoms with Crippen molar-refractivity contribution < 1.29 is 4.79 Å². The summed E-state index contributed by atoms with van der Waals surface area (Å²) in [5, 5.41) is 8.92. The zero-order valence-corrected chi connectivity index (χ0v) is 9.40. The summed E-state index contributed by atoms with van der Waals surface area (Å²) < 4.78 is 0. The van der Waals surface area contributed by atoms with Crippen LogP contribution in [0, 0.1) is 6.92 Å². The molecule has 0 saturated carbocycles. The third-order valence-electron chi connectivity index (χ3n) is 2.29. The Morgan fingerprint density at radius 3 is 3.00 bits per heavy atom. The van der Waals surface area contributed by atoms with Gasteiger partial charge in [-0.3, -0.25) is 14.9 Å². The fourth-order valence-corrected chi connectivity index (χ4v) is 1.44. The molecule has 0 aliphatic carbocycles. The molecule has 2 rings (SSSR count). The minimum Gasteiger partial charge on any atom is -0.383 e. The molecule has 0 atom stereocenters. The van der Waals surface area contributed by atoms with Gasteiger partial charge in [0.15, 0.2) is 0 Å². The van der Waals surface area contributed by atoms with Gasteiger partial charge in [-0.05, 0) is 19.1 Å². The van der Waals surface area contributed by atoms with Crippen LogP contribution in [0.15, 0.2) is 24.4 Å². The third kappa shape index (κ3) is 2.60. The molecule has 0 bridgehead atoms. The van der Waals surface area contributed by atoms with Gasteiger partial charge in [0, 0.05) is 5.69 Å². The maximum Gasteiger partial charge on any atom is 0.256 e. The molecule has 6 nitrogen and oxygen atoms in total. The van der Waals surface area contributed by atoms with Gasteiger partial charge in [-0.2, -0.15) is 5.10 Å². The molecule has 2 aromatic heterocycles. The number of pyridine rings is 1. The topological polar surface area (TPSA) is 96.7 Å². The van der Waals surface area contributed by atoms with Gasteiger partial charge >= 0.3 is 0 Å². The number of aryl methyl sites for hydroxylation is 1. The monoisotopic (exact) mass is 231 g/mol. The molecule has 4 N–H and O–H groups in total. The minimum atomic E-state index is -0.264. The number of nitrogens with two attached hydrogens (primary N) is 1. The number of aromatic amines is 1. The van der Waals surface area contributed by atoms with E-state index >= 15 is 0 Å². The van der Waals surface area contributed by atoms with E-state index in [9.17, 15) is 4.79 Å². The molecule has 0 radical (unpaired) electrons. The van der Waals surface area contributed by atoms with E-state index in [1.165, 1.54) is 6.20 Å². The highest BCUT2D eigenvalue weighted by Gasteiger charge is 2.10. The van der Waals surface area contributed by atoms with Gasteiger partial charge in [0.2, 0.25) is 0 Å². The Morgan fingerprint density at radius 2 is 2.35 bits per heavy atom. The molecule has 17 heavy (non-hydrogen) atoms. The molecule has 0 aromatic carbocycles. The molecule has 1 amide bonds. The summed E-state index contributed by atoms with van der Waals surface area (Å²) in [4.78, 5) is 16.0. The summed E-state index contributed by atoms with van der Waals surface area (Å²) in [6, 6.07) is 5.65. The largest absolute Gasteiger partial charge is 0.383 e. The van der Waals surface area contributed by atoms with Crippen LogP contribution in [0.1, 0.15) is 21.7 Å². The number of amides is 1. The van der Waals surface area contributed by atoms with E-state index in [0.29, 0.717) is 12.1 Å². The van der Waals surface area contributed by atoms with E-state index in [2.05, 4.69) is 20.5 Å². The Balaban J connectivity index is 1.99. The molecule has 0 spiro atoms. The first-order valence-corrected chi connectivity index (χ1v) is 5.16. The van der Waals surface area contributed by atoms with Gasteiger partial charge in [-0.1, -0.05) is 6.07 Å². The second kappa shape index (κ2) is 4.65. The summed E-state index contributed by atoms with van der Waals surface area (Å²) >= 11 is 0. The molecule has 2 heterocycles. The van der Waals surface area contributed by atoms with Crippen LogP contribution in [0.25, 0.3) is 0 Å². The molecule has 0 unspecified atom stereocenters. The molecule has 2 aromatic rings. The third-order valence-corrected chi connectivity index (χ3v) is 2.29. The Morgan fingerprint density at radius 1 is 1.53 bits per heavy atom. The SMILES string of the molecule is Cc1cccc(CNC(=O)c2cn[nH]c2N)n1. The number of carbonyl (C=O) groups is 1. The van der Waals surface area contributed by atoms with Crippen LogP contribution >= 0.6 is 0 Å². The fraction of sp³-hybridized carbons (Fsp3) is 0.182. The molecule has 0 saturated heterocycles. The highest BCUT2D eigenvalue weighted by Crippen LogP contribution is 2.05. The number of nitrogens with zero attached hydrogens (tertiary/aromatic N) is 2. The van der Waals surface area contributed by atoms with Gasteiger partial charge < -0.3 is 11.1 Å². The van der Waals surface area contributed by atoms with Crippen LogP contribution < -0.4 is 11.1 Å². The Kier molecular flexibility index (Phi) is 3.04. The van der Waals surface area contributed by atoms with Gasteiger partial charge in [0.25, 0.3) is 5.91 Å². The summed E-state index contributed by atoms with van der Waals surface area (Å²) in [6.45, 7) is 2.27. The summed E-state index contributed by atoms with van der Waals surface area (Å²) in [5.41, 5.74) is 7.61. The van der Waals surface area contributed by atoms with E-state index < -0.39 is 0 Å². The molecular formula is C11H13N5O. The first-order valence-electron chi connectivity index (χ1n) is 5.16. The van der Waals surface area contributed by atoms with Crippen LogP contribution in [-0.2, 0) is 6.54 Å². The lowest BCUT2D eigenvalue weighted by Crippen LogP contribution is -2.23. The smallest absolute Gasteiger partial charge is 0.256 e. The highest BCUT2D eigenvalue weighted by atomic mass is 16.1. The van der Waals surface area contributed by atoms with Crippen LogP contribution in [0.2, 0.25) is 0 Å². The van der Waals surface area contributed by atoms with Crippen LogP contribution in [0.4, 0.5) is 5.82 Å². The highest BCUT2D eigenvalue weighted by molar-refractivity contribution is 5.97. The lowest BCUT2D eigenvalue weighted by atomic mass is 10.3. The summed E-state index contributed by atoms with van der Waals surface area (Å²) in [5.74, 6) is -0.000687. The van der Waals surface area contributed by atoms with E-state index in [-0.39, 0.29) is 11.7 Å². The van der Waals surface area contributed by atoms with Gasteiger partial charge in [0.1, 0.15) is 11.4 Å². The van der Waals surface area contributed by atoms with Gasteiger partial charge in [0.05, 0.1) is 18.4 Å². The predicted molar refractivity (Wildman–Crippen MR) is 63.1 cm³/mol. The van der Waals surface area contributed by atoms with Crippen molar-refractivity contribution >= 4 is 11.7 Å². The molecule has 0 aliphatic heterocycles. The van der Waals surface area contributed by atoms with Crippen molar-refractivity contribution in [2.45, 2.75) is 13.5 Å². The Bertz CT molecular complexity index is 534. The van der Waals surface area contributed by atoms with Crippen molar-refractivity contribution in [1.29, 1.82) is 0 Å². The quantitative estimate of drug-likeness (QED) is 0.721. The zero-order valence-electron chi connectivity index (χ0n) is 9.40. The van der Waals surface area contributed by atoms with Crippen molar-refractivity contribution in [2.24, 2.45) is 0 Å². The number of carbonyl (C=O) groups excluding carboxylic acids is 1. The number of aromatic nitrogens is 3. The number of H-pyrrole nitrogens is 1. The average Bonchev–Trinajstić information content (AvgIpc) is 2.72. The fourth-order valence-electron chi connectivity index (χ4n) is 1.44. The van der Waals surface area contributed by atoms with Gasteiger partial charge in [-0.15, -0.1) is 0 Å². The van der Waals surface area contributed by atoms with Gasteiger partial charge in [-0.25, -0.2) is 0 Å². The first-order chi connectivity index (χ1) is 8.16. The number of hydrogen-bond acceptors (Lipinski definition) is 4.